The smallest absolute Gasteiger partial charge is 0.272 e. The Morgan fingerprint density at radius 3 is 2.66 bits per heavy atom. The van der Waals surface area contributed by atoms with Gasteiger partial charge in [0.15, 0.2) is 11.5 Å². The van der Waals surface area contributed by atoms with Crippen LogP contribution in [0.5, 0.6) is 11.5 Å². The molecule has 0 saturated heterocycles. The summed E-state index contributed by atoms with van der Waals surface area (Å²) in [7, 11) is 1.61. The minimum atomic E-state index is -0.203. The summed E-state index contributed by atoms with van der Waals surface area (Å²) in [5.41, 5.74) is 5.39. The Hall–Kier alpha value is -4.27. The molecular weight excluding hydrogens is 444 g/mol. The number of nitrogens with zero attached hydrogens (tertiary/aromatic N) is 5. The number of carbonyl (C=O) groups excluding carboxylic acids is 1. The number of aryl methyl sites for hydroxylation is 2. The molecule has 5 rings (SSSR count). The zero-order chi connectivity index (χ0) is 24.5. The molecule has 35 heavy (non-hydrogen) atoms. The number of nitrogens with one attached hydrogen (secondary N) is 1. The van der Waals surface area contributed by atoms with E-state index in [0.29, 0.717) is 36.0 Å². The highest BCUT2D eigenvalue weighted by Gasteiger charge is 2.33. The van der Waals surface area contributed by atoms with Crippen LogP contribution >= 0.6 is 0 Å². The molecule has 0 aliphatic carbocycles. The van der Waals surface area contributed by atoms with Gasteiger partial charge in [-0.05, 0) is 38.5 Å². The minimum absolute atomic E-state index is 0.112. The lowest BCUT2D eigenvalue weighted by atomic mass is 9.85. The number of hydrogen-bond donors (Lipinski definition) is 1. The summed E-state index contributed by atoms with van der Waals surface area (Å²) in [6.45, 7) is 6.41. The molecule has 2 aromatic heterocycles. The van der Waals surface area contributed by atoms with Crippen LogP contribution in [0.1, 0.15) is 41.6 Å². The number of ether oxygens (including phenoxy) is 2. The highest BCUT2D eigenvalue weighted by Crippen LogP contribution is 2.42. The van der Waals surface area contributed by atoms with E-state index in [0.717, 1.165) is 27.9 Å². The minimum Gasteiger partial charge on any atom is -0.493 e. The van der Waals surface area contributed by atoms with E-state index in [1.165, 1.54) is 0 Å². The van der Waals surface area contributed by atoms with Crippen LogP contribution in [0.2, 0.25) is 0 Å². The van der Waals surface area contributed by atoms with Gasteiger partial charge in [0.25, 0.3) is 5.95 Å². The molecule has 0 fully saturated rings. The topological polar surface area (TPSA) is 104 Å². The van der Waals surface area contributed by atoms with Crippen molar-refractivity contribution in [3.8, 4) is 28.7 Å². The van der Waals surface area contributed by atoms with Crippen LogP contribution in [0, 0.1) is 13.8 Å². The number of fused-ring (bicyclic) bond motifs is 1. The van der Waals surface area contributed by atoms with Gasteiger partial charge in [0.2, 0.25) is 5.91 Å². The number of anilines is 1. The van der Waals surface area contributed by atoms with Gasteiger partial charge in [0.1, 0.15) is 5.82 Å². The fraction of sp³-hybridized carbons (Fsp3) is 0.269. The Labute approximate surface area is 203 Å². The monoisotopic (exact) mass is 470 g/mol. The normalized spacial score (nSPS) is 14.9. The number of benzene rings is 2. The van der Waals surface area contributed by atoms with Gasteiger partial charge in [-0.15, -0.1) is 5.10 Å². The lowest BCUT2D eigenvalue weighted by Gasteiger charge is -2.24. The molecule has 2 aromatic carbocycles. The van der Waals surface area contributed by atoms with Gasteiger partial charge >= 0.3 is 0 Å². The third-order valence-corrected chi connectivity index (χ3v) is 6.08. The maximum Gasteiger partial charge on any atom is 0.272 e. The summed E-state index contributed by atoms with van der Waals surface area (Å²) < 4.78 is 12.8. The fourth-order valence-electron chi connectivity index (χ4n) is 4.40. The van der Waals surface area contributed by atoms with Crippen molar-refractivity contribution in [2.45, 2.75) is 33.1 Å². The Morgan fingerprint density at radius 1 is 1.11 bits per heavy atom. The van der Waals surface area contributed by atoms with Crippen molar-refractivity contribution in [3.05, 3.63) is 71.0 Å². The van der Waals surface area contributed by atoms with Crippen LogP contribution in [-0.4, -0.2) is 44.6 Å². The molecule has 9 heteroatoms. The number of rotatable bonds is 6. The number of hydrogen-bond acceptors (Lipinski definition) is 7. The van der Waals surface area contributed by atoms with Crippen LogP contribution in [0.4, 0.5) is 5.82 Å². The molecule has 0 spiro atoms. The Kier molecular flexibility index (Phi) is 5.90. The van der Waals surface area contributed by atoms with E-state index >= 15 is 0 Å². The van der Waals surface area contributed by atoms with Crippen molar-refractivity contribution in [3.63, 3.8) is 0 Å². The zero-order valence-electron chi connectivity index (χ0n) is 20.1. The second-order valence-corrected chi connectivity index (χ2v) is 8.42. The number of carbonyl (C=O) groups is 1. The first-order valence-corrected chi connectivity index (χ1v) is 11.5. The second kappa shape index (κ2) is 9.17. The molecule has 1 unspecified atom stereocenters. The van der Waals surface area contributed by atoms with Gasteiger partial charge < -0.3 is 14.8 Å². The summed E-state index contributed by atoms with van der Waals surface area (Å²) in [4.78, 5) is 17.5. The van der Waals surface area contributed by atoms with Crippen molar-refractivity contribution < 1.29 is 14.3 Å². The number of aromatic nitrogens is 5. The van der Waals surface area contributed by atoms with Crippen molar-refractivity contribution >= 4 is 11.7 Å². The quantitative estimate of drug-likeness (QED) is 0.450. The van der Waals surface area contributed by atoms with Crippen molar-refractivity contribution in [2.24, 2.45) is 0 Å². The third-order valence-electron chi connectivity index (χ3n) is 6.08. The molecule has 0 saturated carbocycles. The van der Waals surface area contributed by atoms with Crippen molar-refractivity contribution in [1.29, 1.82) is 0 Å². The Bertz CT molecular complexity index is 1400. The molecule has 1 atom stereocenters. The highest BCUT2D eigenvalue weighted by molar-refractivity contribution is 5.95. The van der Waals surface area contributed by atoms with E-state index in [9.17, 15) is 4.79 Å². The first-order valence-electron chi connectivity index (χ1n) is 11.5. The summed E-state index contributed by atoms with van der Waals surface area (Å²) in [6, 6.07) is 13.8. The molecule has 4 aromatic rings. The van der Waals surface area contributed by atoms with Gasteiger partial charge in [-0.3, -0.25) is 4.79 Å². The van der Waals surface area contributed by atoms with Crippen LogP contribution in [-0.2, 0) is 4.79 Å². The van der Waals surface area contributed by atoms with Gasteiger partial charge in [0, 0.05) is 23.5 Å². The van der Waals surface area contributed by atoms with E-state index in [2.05, 4.69) is 20.5 Å². The van der Waals surface area contributed by atoms with Crippen LogP contribution in [0.25, 0.3) is 17.2 Å². The number of amides is 1. The standard InChI is InChI=1S/C26H26N6O3/c1-5-35-21-11-10-18(12-22(21)34-4)19-13-23(33)29-25-24(19)16(3)31-32(25)26-28-20(14-27-30-26)17-8-6-15(2)7-9-17/h6-12,14,19H,5,13H2,1-4H3,(H,29,33). The van der Waals surface area contributed by atoms with Crippen molar-refractivity contribution in [2.75, 3.05) is 19.0 Å². The first kappa shape index (κ1) is 22.5. The molecule has 1 aliphatic rings. The van der Waals surface area contributed by atoms with Crippen LogP contribution < -0.4 is 14.8 Å². The first-order chi connectivity index (χ1) is 17.0. The fourth-order valence-corrected chi connectivity index (χ4v) is 4.40. The SMILES string of the molecule is CCOc1ccc(C2CC(=O)Nc3c2c(C)nn3-c2nncc(-c3ccc(C)cc3)n2)cc1OC. The maximum absolute atomic E-state index is 12.8. The molecule has 1 aliphatic heterocycles. The molecule has 1 amide bonds. The molecule has 0 radical (unpaired) electrons. The summed E-state index contributed by atoms with van der Waals surface area (Å²) in [6.07, 6.45) is 1.91. The molecule has 0 bridgehead atoms. The molecule has 3 heterocycles. The van der Waals surface area contributed by atoms with Crippen molar-refractivity contribution in [1.82, 2.24) is 25.0 Å². The molecule has 1 N–H and O–H groups in total. The van der Waals surface area contributed by atoms with Crippen LogP contribution in [0.15, 0.2) is 48.7 Å². The Balaban J connectivity index is 1.58. The average molecular weight is 471 g/mol. The van der Waals surface area contributed by atoms with E-state index in [-0.39, 0.29) is 17.8 Å². The van der Waals surface area contributed by atoms with E-state index in [1.807, 2.05) is 63.2 Å². The second-order valence-electron chi connectivity index (χ2n) is 8.42. The van der Waals surface area contributed by atoms with Crippen LogP contribution in [0.3, 0.4) is 0 Å². The highest BCUT2D eigenvalue weighted by atomic mass is 16.5. The van der Waals surface area contributed by atoms with Gasteiger partial charge in [-0.2, -0.15) is 14.9 Å². The summed E-state index contributed by atoms with van der Waals surface area (Å²) >= 11 is 0. The zero-order valence-corrected chi connectivity index (χ0v) is 20.1. The van der Waals surface area contributed by atoms with E-state index < -0.39 is 0 Å². The summed E-state index contributed by atoms with van der Waals surface area (Å²) in [5.74, 6) is 1.82. The predicted molar refractivity (Wildman–Crippen MR) is 131 cm³/mol. The lowest BCUT2D eigenvalue weighted by molar-refractivity contribution is -0.116. The van der Waals surface area contributed by atoms with E-state index in [4.69, 9.17) is 14.6 Å². The largest absolute Gasteiger partial charge is 0.493 e. The van der Waals surface area contributed by atoms with Gasteiger partial charge in [0.05, 0.1) is 31.3 Å². The molecule has 178 valence electrons. The average Bonchev–Trinajstić information content (AvgIpc) is 3.20. The molecular formula is C26H26N6O3. The number of methoxy groups -OCH3 is 1. The van der Waals surface area contributed by atoms with Gasteiger partial charge in [-0.1, -0.05) is 35.9 Å². The van der Waals surface area contributed by atoms with E-state index in [1.54, 1.807) is 18.0 Å². The molecule has 9 nitrogen and oxygen atoms in total. The Morgan fingerprint density at radius 2 is 1.91 bits per heavy atom. The van der Waals surface area contributed by atoms with Gasteiger partial charge in [-0.25, -0.2) is 4.98 Å². The third kappa shape index (κ3) is 4.21. The summed E-state index contributed by atoms with van der Waals surface area (Å²) in [5, 5.41) is 16.0. The maximum atomic E-state index is 12.8. The predicted octanol–water partition coefficient (Wildman–Crippen LogP) is 4.22. The lowest BCUT2D eigenvalue weighted by Crippen LogP contribution is -2.25.